The summed E-state index contributed by atoms with van der Waals surface area (Å²) in [7, 11) is 0. The molecule has 0 aromatic heterocycles. The van der Waals surface area contributed by atoms with Crippen LogP contribution in [-0.4, -0.2) is 61.1 Å². The molecule has 0 bridgehead atoms. The Balaban J connectivity index is 1.79. The van der Waals surface area contributed by atoms with Gasteiger partial charge >= 0.3 is 5.97 Å². The smallest absolute Gasteiger partial charge is 0.307 e. The molecule has 1 aliphatic heterocycles. The van der Waals surface area contributed by atoms with E-state index in [4.69, 9.17) is 4.74 Å². The van der Waals surface area contributed by atoms with Crippen molar-refractivity contribution < 1.29 is 14.3 Å². The molecule has 1 unspecified atom stereocenters. The summed E-state index contributed by atoms with van der Waals surface area (Å²) in [4.78, 5) is 30.8. The van der Waals surface area contributed by atoms with Gasteiger partial charge in [0.05, 0.1) is 19.1 Å². The normalized spacial score (nSPS) is 21.4. The zero-order valence-corrected chi connectivity index (χ0v) is 17.1. The second kappa shape index (κ2) is 11.1. The van der Waals surface area contributed by atoms with Crippen LogP contribution in [0, 0.1) is 5.92 Å². The van der Waals surface area contributed by atoms with Crippen LogP contribution in [0.4, 0.5) is 0 Å². The van der Waals surface area contributed by atoms with Crippen LogP contribution < -0.4 is 10.6 Å². The molecule has 1 saturated carbocycles. The predicted molar refractivity (Wildman–Crippen MR) is 107 cm³/mol. The fraction of sp³-hybridized carbons (Fsp3) is 0.850. The molecule has 27 heavy (non-hydrogen) atoms. The standard InChI is InChI=1S/C20H36N4O3/c1-4-21-20(22-12-10-18(25)27-15(2)3)23-17-11-13-24(14-17)19(26)16-8-6-5-7-9-16/h15-17H,4-14H2,1-3H3,(H2,21,22,23). The van der Waals surface area contributed by atoms with Gasteiger partial charge in [-0.3, -0.25) is 14.6 Å². The third kappa shape index (κ3) is 7.39. The third-order valence-electron chi connectivity index (χ3n) is 5.09. The number of hydrogen-bond donors (Lipinski definition) is 2. The third-order valence-corrected chi connectivity index (χ3v) is 5.09. The number of aliphatic imine (C=N–C) groups is 1. The summed E-state index contributed by atoms with van der Waals surface area (Å²) in [5.41, 5.74) is 0. The average molecular weight is 381 g/mol. The van der Waals surface area contributed by atoms with Crippen LogP contribution in [0.2, 0.25) is 0 Å². The quantitative estimate of drug-likeness (QED) is 0.401. The van der Waals surface area contributed by atoms with E-state index in [-0.39, 0.29) is 30.5 Å². The van der Waals surface area contributed by atoms with Gasteiger partial charge in [0, 0.05) is 31.6 Å². The molecule has 1 amide bonds. The van der Waals surface area contributed by atoms with E-state index in [0.717, 1.165) is 38.9 Å². The SMILES string of the molecule is CCNC(=NCCC(=O)OC(C)C)NC1CCN(C(=O)C2CCCCC2)C1. The molecular weight excluding hydrogens is 344 g/mol. The van der Waals surface area contributed by atoms with Crippen LogP contribution >= 0.6 is 0 Å². The number of ether oxygens (including phenoxy) is 1. The lowest BCUT2D eigenvalue weighted by atomic mass is 9.88. The Morgan fingerprint density at radius 3 is 2.59 bits per heavy atom. The van der Waals surface area contributed by atoms with Gasteiger partial charge < -0.3 is 20.3 Å². The molecule has 2 rings (SSSR count). The van der Waals surface area contributed by atoms with E-state index in [9.17, 15) is 9.59 Å². The molecule has 1 atom stereocenters. The highest BCUT2D eigenvalue weighted by molar-refractivity contribution is 5.81. The van der Waals surface area contributed by atoms with E-state index in [1.165, 1.54) is 19.3 Å². The Labute approximate surface area is 163 Å². The van der Waals surface area contributed by atoms with E-state index >= 15 is 0 Å². The van der Waals surface area contributed by atoms with Crippen molar-refractivity contribution >= 4 is 17.8 Å². The maximum absolute atomic E-state index is 12.7. The minimum atomic E-state index is -0.227. The van der Waals surface area contributed by atoms with Crippen LogP contribution in [0.15, 0.2) is 4.99 Å². The van der Waals surface area contributed by atoms with Crippen molar-refractivity contribution in [2.24, 2.45) is 10.9 Å². The molecule has 0 radical (unpaired) electrons. The summed E-state index contributed by atoms with van der Waals surface area (Å²) in [5.74, 6) is 1.03. The van der Waals surface area contributed by atoms with Crippen molar-refractivity contribution in [2.45, 2.75) is 77.9 Å². The number of guanidine groups is 1. The van der Waals surface area contributed by atoms with Crippen LogP contribution in [0.3, 0.4) is 0 Å². The number of carbonyl (C=O) groups excluding carboxylic acids is 2. The molecular formula is C20H36N4O3. The van der Waals surface area contributed by atoms with Crippen LogP contribution in [-0.2, 0) is 14.3 Å². The molecule has 7 nitrogen and oxygen atoms in total. The highest BCUT2D eigenvalue weighted by Crippen LogP contribution is 2.26. The number of nitrogens with one attached hydrogen (secondary N) is 2. The second-order valence-corrected chi connectivity index (χ2v) is 7.80. The van der Waals surface area contributed by atoms with Crippen molar-refractivity contribution in [3.8, 4) is 0 Å². The van der Waals surface area contributed by atoms with Gasteiger partial charge in [0.15, 0.2) is 5.96 Å². The zero-order valence-electron chi connectivity index (χ0n) is 17.1. The molecule has 1 saturated heterocycles. The minimum absolute atomic E-state index is 0.0981. The van der Waals surface area contributed by atoms with E-state index in [0.29, 0.717) is 18.4 Å². The van der Waals surface area contributed by atoms with Gasteiger partial charge in [0.2, 0.25) is 5.91 Å². The zero-order chi connectivity index (χ0) is 19.6. The molecule has 2 aliphatic rings. The number of hydrogen-bond acceptors (Lipinski definition) is 4. The topological polar surface area (TPSA) is 83.0 Å². The number of nitrogens with zero attached hydrogens (tertiary/aromatic N) is 2. The summed E-state index contributed by atoms with van der Waals surface area (Å²) in [6, 6.07) is 0.206. The van der Waals surface area contributed by atoms with E-state index in [2.05, 4.69) is 15.6 Å². The maximum atomic E-state index is 12.7. The van der Waals surface area contributed by atoms with Crippen molar-refractivity contribution in [1.29, 1.82) is 0 Å². The Morgan fingerprint density at radius 2 is 1.93 bits per heavy atom. The van der Waals surface area contributed by atoms with Gasteiger partial charge in [-0.25, -0.2) is 0 Å². The maximum Gasteiger partial charge on any atom is 0.307 e. The van der Waals surface area contributed by atoms with Gasteiger partial charge in [-0.05, 0) is 40.0 Å². The number of rotatable bonds is 7. The molecule has 2 fully saturated rings. The number of likely N-dealkylation sites (tertiary alicyclic amines) is 1. The Morgan fingerprint density at radius 1 is 1.19 bits per heavy atom. The lowest BCUT2D eigenvalue weighted by Gasteiger charge is -2.26. The largest absolute Gasteiger partial charge is 0.463 e. The molecule has 7 heteroatoms. The Bertz CT molecular complexity index is 515. The van der Waals surface area contributed by atoms with E-state index in [1.807, 2.05) is 25.7 Å². The average Bonchev–Trinajstić information content (AvgIpc) is 3.10. The molecule has 1 heterocycles. The summed E-state index contributed by atoms with van der Waals surface area (Å²) in [6.45, 7) is 8.37. The van der Waals surface area contributed by atoms with Gasteiger partial charge in [0.25, 0.3) is 0 Å². The molecule has 0 aromatic rings. The van der Waals surface area contributed by atoms with Crippen molar-refractivity contribution in [1.82, 2.24) is 15.5 Å². The Kier molecular flexibility index (Phi) is 8.88. The van der Waals surface area contributed by atoms with Gasteiger partial charge in [0.1, 0.15) is 0 Å². The fourth-order valence-corrected chi connectivity index (χ4v) is 3.78. The first-order valence-corrected chi connectivity index (χ1v) is 10.5. The minimum Gasteiger partial charge on any atom is -0.463 e. The molecule has 154 valence electrons. The first kappa shape index (κ1) is 21.5. The molecule has 1 aliphatic carbocycles. The van der Waals surface area contributed by atoms with Crippen LogP contribution in [0.5, 0.6) is 0 Å². The highest BCUT2D eigenvalue weighted by atomic mass is 16.5. The summed E-state index contributed by atoms with van der Waals surface area (Å²) in [5, 5.41) is 6.63. The lowest BCUT2D eigenvalue weighted by molar-refractivity contribution is -0.147. The highest BCUT2D eigenvalue weighted by Gasteiger charge is 2.31. The van der Waals surface area contributed by atoms with Gasteiger partial charge in [-0.2, -0.15) is 0 Å². The number of carbonyl (C=O) groups is 2. The summed E-state index contributed by atoms with van der Waals surface area (Å²) in [6.07, 6.45) is 6.82. The number of esters is 1. The van der Waals surface area contributed by atoms with Gasteiger partial charge in [-0.15, -0.1) is 0 Å². The van der Waals surface area contributed by atoms with Crippen molar-refractivity contribution in [3.05, 3.63) is 0 Å². The van der Waals surface area contributed by atoms with E-state index < -0.39 is 0 Å². The van der Waals surface area contributed by atoms with Crippen molar-refractivity contribution in [3.63, 3.8) is 0 Å². The first-order valence-electron chi connectivity index (χ1n) is 10.5. The van der Waals surface area contributed by atoms with Crippen LogP contribution in [0.25, 0.3) is 0 Å². The number of amides is 1. The van der Waals surface area contributed by atoms with E-state index in [1.54, 1.807) is 0 Å². The van der Waals surface area contributed by atoms with Crippen LogP contribution in [0.1, 0.15) is 65.7 Å². The molecule has 0 spiro atoms. The second-order valence-electron chi connectivity index (χ2n) is 7.80. The lowest BCUT2D eigenvalue weighted by Crippen LogP contribution is -2.45. The Hall–Kier alpha value is -1.79. The fourth-order valence-electron chi connectivity index (χ4n) is 3.78. The summed E-state index contributed by atoms with van der Waals surface area (Å²) >= 11 is 0. The molecule has 0 aromatic carbocycles. The predicted octanol–water partition coefficient (Wildman–Crippen LogP) is 2.06. The first-order chi connectivity index (χ1) is 13.0. The van der Waals surface area contributed by atoms with Gasteiger partial charge in [-0.1, -0.05) is 19.3 Å². The summed E-state index contributed by atoms with van der Waals surface area (Å²) < 4.78 is 5.13. The monoisotopic (exact) mass is 380 g/mol. The van der Waals surface area contributed by atoms with Crippen molar-refractivity contribution in [2.75, 3.05) is 26.2 Å². The molecule has 2 N–H and O–H groups in total.